The highest BCUT2D eigenvalue weighted by Gasteiger charge is 2.07. The molecule has 1 rings (SSSR count). The molecule has 0 spiro atoms. The van der Waals surface area contributed by atoms with Crippen molar-refractivity contribution in [1.82, 2.24) is 0 Å². The lowest BCUT2D eigenvalue weighted by molar-refractivity contribution is 0.608. The second-order valence-corrected chi connectivity index (χ2v) is 3.91. The molecule has 2 heteroatoms. The Balaban J connectivity index is 3.04. The van der Waals surface area contributed by atoms with Crippen molar-refractivity contribution in [3.63, 3.8) is 0 Å². The zero-order valence-electron chi connectivity index (χ0n) is 9.10. The lowest BCUT2D eigenvalue weighted by Gasteiger charge is -2.11. The molecule has 0 heterocycles. The Bertz CT molecular complexity index is 318. The van der Waals surface area contributed by atoms with Crippen LogP contribution in [0.25, 0.3) is 0 Å². The maximum Gasteiger partial charge on any atom is 0.126 e. The lowest BCUT2D eigenvalue weighted by Crippen LogP contribution is -2.18. The summed E-state index contributed by atoms with van der Waals surface area (Å²) in [6, 6.07) is 3.67. The second-order valence-electron chi connectivity index (χ2n) is 3.91. The minimum Gasteiger partial charge on any atom is -0.328 e. The number of nitrogens with two attached hydrogens (primary N) is 1. The molecule has 0 aliphatic carbocycles. The Morgan fingerprint density at radius 2 is 2.00 bits per heavy atom. The van der Waals surface area contributed by atoms with Crippen LogP contribution < -0.4 is 5.73 Å². The highest BCUT2D eigenvalue weighted by Crippen LogP contribution is 2.17. The largest absolute Gasteiger partial charge is 0.328 e. The molecular formula is C12H18FN. The summed E-state index contributed by atoms with van der Waals surface area (Å²) < 4.78 is 13.3. The number of benzene rings is 1. The van der Waals surface area contributed by atoms with Gasteiger partial charge in [0.05, 0.1) is 0 Å². The van der Waals surface area contributed by atoms with Gasteiger partial charge in [0.1, 0.15) is 5.82 Å². The summed E-state index contributed by atoms with van der Waals surface area (Å²) >= 11 is 0. The standard InChI is InChI=1S/C12H18FN/c1-4-10-7-11(6-9(3)14)8(2)5-12(10)13/h5,7,9H,4,6,14H2,1-3H3. The fourth-order valence-electron chi connectivity index (χ4n) is 1.61. The van der Waals surface area contributed by atoms with Crippen molar-refractivity contribution in [2.45, 2.75) is 39.7 Å². The molecule has 1 atom stereocenters. The predicted molar refractivity (Wildman–Crippen MR) is 57.9 cm³/mol. The average molecular weight is 195 g/mol. The zero-order chi connectivity index (χ0) is 10.7. The van der Waals surface area contributed by atoms with Gasteiger partial charge in [0.2, 0.25) is 0 Å². The van der Waals surface area contributed by atoms with Crippen LogP contribution in [0.2, 0.25) is 0 Å². The van der Waals surface area contributed by atoms with Crippen LogP contribution in [0.1, 0.15) is 30.5 Å². The first-order valence-electron chi connectivity index (χ1n) is 5.08. The summed E-state index contributed by atoms with van der Waals surface area (Å²) in [7, 11) is 0. The number of halogens is 1. The van der Waals surface area contributed by atoms with Crippen LogP contribution in [0.4, 0.5) is 4.39 Å². The predicted octanol–water partition coefficient (Wildman–Crippen LogP) is 2.59. The van der Waals surface area contributed by atoms with Gasteiger partial charge in [-0.25, -0.2) is 4.39 Å². The molecule has 14 heavy (non-hydrogen) atoms. The van der Waals surface area contributed by atoms with Crippen LogP contribution in [0.3, 0.4) is 0 Å². The molecule has 0 aliphatic heterocycles. The zero-order valence-corrected chi connectivity index (χ0v) is 9.10. The smallest absolute Gasteiger partial charge is 0.126 e. The van der Waals surface area contributed by atoms with E-state index in [1.807, 2.05) is 26.8 Å². The van der Waals surface area contributed by atoms with Crippen molar-refractivity contribution in [2.24, 2.45) is 5.73 Å². The van der Waals surface area contributed by atoms with Crippen molar-refractivity contribution >= 4 is 0 Å². The van der Waals surface area contributed by atoms with E-state index < -0.39 is 0 Å². The van der Waals surface area contributed by atoms with Gasteiger partial charge in [0, 0.05) is 6.04 Å². The first kappa shape index (κ1) is 11.2. The van der Waals surface area contributed by atoms with E-state index in [1.54, 1.807) is 6.07 Å². The summed E-state index contributed by atoms with van der Waals surface area (Å²) in [4.78, 5) is 0. The van der Waals surface area contributed by atoms with Gasteiger partial charge >= 0.3 is 0 Å². The Kier molecular flexibility index (Phi) is 3.64. The van der Waals surface area contributed by atoms with E-state index in [-0.39, 0.29) is 11.9 Å². The maximum absolute atomic E-state index is 13.3. The fourth-order valence-corrected chi connectivity index (χ4v) is 1.61. The minimum atomic E-state index is -0.0987. The van der Waals surface area contributed by atoms with Gasteiger partial charge < -0.3 is 5.73 Å². The van der Waals surface area contributed by atoms with Gasteiger partial charge in [0.15, 0.2) is 0 Å². The molecule has 1 aromatic carbocycles. The van der Waals surface area contributed by atoms with Gasteiger partial charge in [-0.2, -0.15) is 0 Å². The third kappa shape index (κ3) is 2.55. The van der Waals surface area contributed by atoms with E-state index in [1.165, 1.54) is 5.56 Å². The van der Waals surface area contributed by atoms with Crippen molar-refractivity contribution in [3.05, 3.63) is 34.6 Å². The van der Waals surface area contributed by atoms with Gasteiger partial charge in [0.25, 0.3) is 0 Å². The molecule has 0 aliphatic rings. The van der Waals surface area contributed by atoms with Crippen LogP contribution >= 0.6 is 0 Å². The molecular weight excluding hydrogens is 177 g/mol. The van der Waals surface area contributed by atoms with Crippen molar-refractivity contribution in [2.75, 3.05) is 0 Å². The first-order valence-corrected chi connectivity index (χ1v) is 5.08. The van der Waals surface area contributed by atoms with Crippen LogP contribution in [0, 0.1) is 12.7 Å². The fraction of sp³-hybridized carbons (Fsp3) is 0.500. The number of rotatable bonds is 3. The molecule has 78 valence electrons. The van der Waals surface area contributed by atoms with Gasteiger partial charge in [-0.3, -0.25) is 0 Å². The molecule has 0 bridgehead atoms. The van der Waals surface area contributed by atoms with E-state index in [0.29, 0.717) is 0 Å². The number of hydrogen-bond donors (Lipinski definition) is 1. The van der Waals surface area contributed by atoms with Crippen molar-refractivity contribution < 1.29 is 4.39 Å². The second kappa shape index (κ2) is 4.56. The Hall–Kier alpha value is -0.890. The Labute approximate surface area is 85.1 Å². The molecule has 0 fully saturated rings. The molecule has 1 nitrogen and oxygen atoms in total. The molecule has 0 aromatic heterocycles. The molecule has 1 aromatic rings. The van der Waals surface area contributed by atoms with Crippen molar-refractivity contribution in [1.29, 1.82) is 0 Å². The minimum absolute atomic E-state index is 0.0987. The number of aryl methyl sites for hydroxylation is 2. The summed E-state index contributed by atoms with van der Waals surface area (Å²) in [6.45, 7) is 5.86. The Morgan fingerprint density at radius 3 is 2.50 bits per heavy atom. The van der Waals surface area contributed by atoms with E-state index in [9.17, 15) is 4.39 Å². The summed E-state index contributed by atoms with van der Waals surface area (Å²) in [5, 5.41) is 0. The molecule has 0 radical (unpaired) electrons. The van der Waals surface area contributed by atoms with E-state index >= 15 is 0 Å². The molecule has 1 unspecified atom stereocenters. The normalized spacial score (nSPS) is 12.9. The van der Waals surface area contributed by atoms with Crippen molar-refractivity contribution in [3.8, 4) is 0 Å². The summed E-state index contributed by atoms with van der Waals surface area (Å²) in [5.74, 6) is -0.0987. The molecule has 2 N–H and O–H groups in total. The summed E-state index contributed by atoms with van der Waals surface area (Å²) in [6.07, 6.45) is 1.55. The lowest BCUT2D eigenvalue weighted by atomic mass is 9.98. The van der Waals surface area contributed by atoms with Crippen LogP contribution in [-0.4, -0.2) is 6.04 Å². The number of hydrogen-bond acceptors (Lipinski definition) is 1. The maximum atomic E-state index is 13.3. The average Bonchev–Trinajstić information content (AvgIpc) is 2.09. The topological polar surface area (TPSA) is 26.0 Å². The summed E-state index contributed by atoms with van der Waals surface area (Å²) in [5.41, 5.74) is 8.67. The SMILES string of the molecule is CCc1cc(CC(C)N)c(C)cc1F. The van der Waals surface area contributed by atoms with Crippen LogP contribution in [0.5, 0.6) is 0 Å². The molecule has 0 amide bonds. The third-order valence-corrected chi connectivity index (χ3v) is 2.43. The van der Waals surface area contributed by atoms with Gasteiger partial charge in [-0.15, -0.1) is 0 Å². The van der Waals surface area contributed by atoms with Gasteiger partial charge in [-0.1, -0.05) is 13.0 Å². The van der Waals surface area contributed by atoms with E-state index in [0.717, 1.165) is 24.0 Å². The third-order valence-electron chi connectivity index (χ3n) is 2.43. The van der Waals surface area contributed by atoms with Crippen LogP contribution in [0.15, 0.2) is 12.1 Å². The quantitative estimate of drug-likeness (QED) is 0.788. The Morgan fingerprint density at radius 1 is 1.36 bits per heavy atom. The highest BCUT2D eigenvalue weighted by molar-refractivity contribution is 5.33. The van der Waals surface area contributed by atoms with Gasteiger partial charge in [-0.05, 0) is 49.4 Å². The van der Waals surface area contributed by atoms with Crippen LogP contribution in [-0.2, 0) is 12.8 Å². The molecule has 0 saturated carbocycles. The van der Waals surface area contributed by atoms with E-state index in [2.05, 4.69) is 0 Å². The highest BCUT2D eigenvalue weighted by atomic mass is 19.1. The van der Waals surface area contributed by atoms with E-state index in [4.69, 9.17) is 5.73 Å². The molecule has 0 saturated heterocycles. The monoisotopic (exact) mass is 195 g/mol. The first-order chi connectivity index (χ1) is 6.54.